The molecule has 106 valence electrons. The minimum atomic E-state index is -1.36. The minimum absolute atomic E-state index is 0.0347. The minimum Gasteiger partial charge on any atom is -0.390 e. The zero-order valence-corrected chi connectivity index (χ0v) is 11.1. The van der Waals surface area contributed by atoms with Gasteiger partial charge >= 0.3 is 0 Å². The molecule has 1 aliphatic rings. The topological polar surface area (TPSA) is 40.5 Å². The summed E-state index contributed by atoms with van der Waals surface area (Å²) in [6, 6.07) is 2.77. The third kappa shape index (κ3) is 2.95. The normalized spacial score (nSPS) is 20.3. The summed E-state index contributed by atoms with van der Waals surface area (Å²) in [5.74, 6) is -2.04. The molecule has 1 fully saturated rings. The van der Waals surface area contributed by atoms with E-state index in [4.69, 9.17) is 0 Å². The first-order valence-electron chi connectivity index (χ1n) is 6.83. The zero-order valence-electron chi connectivity index (χ0n) is 11.1. The van der Waals surface area contributed by atoms with Crippen LogP contribution in [0.1, 0.15) is 49.3 Å². The van der Waals surface area contributed by atoms with E-state index in [-0.39, 0.29) is 17.0 Å². The molecule has 0 heterocycles. The van der Waals surface area contributed by atoms with E-state index in [1.807, 2.05) is 0 Å². The monoisotopic (exact) mass is 270 g/mol. The average molecular weight is 270 g/mol. The highest BCUT2D eigenvalue weighted by atomic mass is 19.2. The highest BCUT2D eigenvalue weighted by molar-refractivity contribution is 5.27. The first-order chi connectivity index (χ1) is 9.02. The van der Waals surface area contributed by atoms with E-state index in [1.54, 1.807) is 0 Å². The van der Waals surface area contributed by atoms with Crippen LogP contribution in [0.4, 0.5) is 8.78 Å². The molecule has 4 heteroatoms. The Morgan fingerprint density at radius 3 is 2.32 bits per heavy atom. The SMILES string of the molecule is Cc1ccc(C(O)C(O)C2CCCCC2)c(F)c1F. The van der Waals surface area contributed by atoms with Crippen molar-refractivity contribution >= 4 is 0 Å². The van der Waals surface area contributed by atoms with Crippen LogP contribution in [-0.4, -0.2) is 16.3 Å². The molecule has 2 N–H and O–H groups in total. The Labute approximate surface area is 112 Å². The second kappa shape index (κ2) is 5.97. The van der Waals surface area contributed by atoms with E-state index in [0.29, 0.717) is 0 Å². The quantitative estimate of drug-likeness (QED) is 0.885. The highest BCUT2D eigenvalue weighted by Crippen LogP contribution is 2.33. The van der Waals surface area contributed by atoms with Gasteiger partial charge in [0, 0.05) is 5.56 Å². The molecule has 1 aromatic carbocycles. The third-order valence-corrected chi connectivity index (χ3v) is 4.08. The van der Waals surface area contributed by atoms with Crippen LogP contribution in [0.15, 0.2) is 12.1 Å². The van der Waals surface area contributed by atoms with Crippen LogP contribution in [0, 0.1) is 24.5 Å². The number of hydrogen-bond acceptors (Lipinski definition) is 2. The standard InChI is InChI=1S/C15H20F2O2/c1-9-7-8-11(13(17)12(9)16)15(19)14(18)10-5-3-2-4-6-10/h7-8,10,14-15,18-19H,2-6H2,1H3. The molecule has 0 spiro atoms. The maximum absolute atomic E-state index is 13.8. The lowest BCUT2D eigenvalue weighted by Gasteiger charge is -2.30. The van der Waals surface area contributed by atoms with Crippen LogP contribution >= 0.6 is 0 Å². The predicted molar refractivity (Wildman–Crippen MR) is 68.6 cm³/mol. The molecule has 0 saturated heterocycles. The molecule has 0 aliphatic heterocycles. The van der Waals surface area contributed by atoms with Crippen molar-refractivity contribution < 1.29 is 19.0 Å². The van der Waals surface area contributed by atoms with Gasteiger partial charge in [0.15, 0.2) is 11.6 Å². The number of rotatable bonds is 3. The van der Waals surface area contributed by atoms with Crippen LogP contribution in [0.25, 0.3) is 0 Å². The summed E-state index contributed by atoms with van der Waals surface area (Å²) in [5.41, 5.74) is 0.0433. The number of hydrogen-bond donors (Lipinski definition) is 2. The molecule has 19 heavy (non-hydrogen) atoms. The van der Waals surface area contributed by atoms with Gasteiger partial charge in [-0.05, 0) is 31.2 Å². The molecule has 0 bridgehead atoms. The van der Waals surface area contributed by atoms with Gasteiger partial charge in [0.1, 0.15) is 6.10 Å². The van der Waals surface area contributed by atoms with Crippen molar-refractivity contribution in [2.45, 2.75) is 51.2 Å². The van der Waals surface area contributed by atoms with Gasteiger partial charge in [0.25, 0.3) is 0 Å². The number of halogens is 2. The Bertz CT molecular complexity index is 442. The van der Waals surface area contributed by atoms with Crippen LogP contribution in [0.2, 0.25) is 0 Å². The Morgan fingerprint density at radius 1 is 1.05 bits per heavy atom. The summed E-state index contributed by atoms with van der Waals surface area (Å²) in [6.45, 7) is 1.46. The lowest BCUT2D eigenvalue weighted by molar-refractivity contribution is -0.0303. The average Bonchev–Trinajstić information content (AvgIpc) is 2.44. The third-order valence-electron chi connectivity index (χ3n) is 4.08. The van der Waals surface area contributed by atoms with Crippen molar-refractivity contribution in [1.82, 2.24) is 0 Å². The highest BCUT2D eigenvalue weighted by Gasteiger charge is 2.31. The molecule has 2 rings (SSSR count). The first kappa shape index (κ1) is 14.4. The van der Waals surface area contributed by atoms with Crippen molar-refractivity contribution in [2.75, 3.05) is 0 Å². The molecule has 1 aromatic rings. The van der Waals surface area contributed by atoms with Crippen molar-refractivity contribution in [3.05, 3.63) is 34.9 Å². The van der Waals surface area contributed by atoms with Gasteiger partial charge in [-0.1, -0.05) is 31.4 Å². The summed E-state index contributed by atoms with van der Waals surface area (Å²) in [7, 11) is 0. The smallest absolute Gasteiger partial charge is 0.164 e. The van der Waals surface area contributed by atoms with Crippen LogP contribution in [-0.2, 0) is 0 Å². The maximum atomic E-state index is 13.8. The van der Waals surface area contributed by atoms with E-state index in [2.05, 4.69) is 0 Å². The Hall–Kier alpha value is -1.00. The Morgan fingerprint density at radius 2 is 1.68 bits per heavy atom. The van der Waals surface area contributed by atoms with Crippen molar-refractivity contribution in [3.63, 3.8) is 0 Å². The summed E-state index contributed by atoms with van der Waals surface area (Å²) >= 11 is 0. The number of benzene rings is 1. The van der Waals surface area contributed by atoms with E-state index in [9.17, 15) is 19.0 Å². The van der Waals surface area contributed by atoms with E-state index < -0.39 is 23.8 Å². The molecule has 2 nitrogen and oxygen atoms in total. The second-order valence-electron chi connectivity index (χ2n) is 5.43. The van der Waals surface area contributed by atoms with E-state index in [0.717, 1.165) is 32.1 Å². The fourth-order valence-electron chi connectivity index (χ4n) is 2.81. The van der Waals surface area contributed by atoms with Crippen molar-refractivity contribution in [2.24, 2.45) is 5.92 Å². The first-order valence-corrected chi connectivity index (χ1v) is 6.83. The summed E-state index contributed by atoms with van der Waals surface area (Å²) in [6.07, 6.45) is 2.42. The molecule has 2 unspecified atom stereocenters. The largest absolute Gasteiger partial charge is 0.390 e. The molecular weight excluding hydrogens is 250 g/mol. The number of aliphatic hydroxyl groups excluding tert-OH is 2. The van der Waals surface area contributed by atoms with Gasteiger partial charge in [-0.15, -0.1) is 0 Å². The van der Waals surface area contributed by atoms with Crippen LogP contribution < -0.4 is 0 Å². The number of aliphatic hydroxyl groups is 2. The molecule has 0 amide bonds. The Kier molecular flexibility index (Phi) is 4.53. The summed E-state index contributed by atoms with van der Waals surface area (Å²) in [4.78, 5) is 0. The van der Waals surface area contributed by atoms with Crippen LogP contribution in [0.3, 0.4) is 0 Å². The maximum Gasteiger partial charge on any atom is 0.164 e. The van der Waals surface area contributed by atoms with Crippen molar-refractivity contribution in [3.8, 4) is 0 Å². The molecule has 1 aliphatic carbocycles. The van der Waals surface area contributed by atoms with Crippen LogP contribution in [0.5, 0.6) is 0 Å². The molecular formula is C15H20F2O2. The molecule has 2 atom stereocenters. The zero-order chi connectivity index (χ0) is 14.0. The molecule has 0 radical (unpaired) electrons. The van der Waals surface area contributed by atoms with Crippen molar-refractivity contribution in [1.29, 1.82) is 0 Å². The molecule has 1 saturated carbocycles. The fraction of sp³-hybridized carbons (Fsp3) is 0.600. The number of aryl methyl sites for hydroxylation is 1. The molecule has 0 aromatic heterocycles. The van der Waals surface area contributed by atoms with Gasteiger partial charge in [-0.2, -0.15) is 0 Å². The van der Waals surface area contributed by atoms with Gasteiger partial charge in [0.05, 0.1) is 6.10 Å². The predicted octanol–water partition coefficient (Wildman–Crippen LogP) is 3.25. The van der Waals surface area contributed by atoms with E-state index in [1.165, 1.54) is 19.1 Å². The lowest BCUT2D eigenvalue weighted by Crippen LogP contribution is -2.30. The van der Waals surface area contributed by atoms with Gasteiger partial charge < -0.3 is 10.2 Å². The fourth-order valence-corrected chi connectivity index (χ4v) is 2.81. The lowest BCUT2D eigenvalue weighted by atomic mass is 9.82. The van der Waals surface area contributed by atoms with E-state index >= 15 is 0 Å². The van der Waals surface area contributed by atoms with Gasteiger partial charge in [0.2, 0.25) is 0 Å². The van der Waals surface area contributed by atoms with Gasteiger partial charge in [-0.25, -0.2) is 8.78 Å². The second-order valence-corrected chi connectivity index (χ2v) is 5.43. The summed E-state index contributed by atoms with van der Waals surface area (Å²) < 4.78 is 27.3. The van der Waals surface area contributed by atoms with Gasteiger partial charge in [-0.3, -0.25) is 0 Å². The summed E-state index contributed by atoms with van der Waals surface area (Å²) in [5, 5.41) is 20.2. The Balaban J connectivity index is 2.18.